The van der Waals surface area contributed by atoms with E-state index in [9.17, 15) is 15.2 Å². The number of rotatable bonds is 2. The number of hydrogen-bond acceptors (Lipinski definition) is 4. The van der Waals surface area contributed by atoms with Crippen LogP contribution in [0.3, 0.4) is 0 Å². The SMILES string of the molecule is N#C[C@@H]1C[C@H]2C[C@H]2N1C(=O)[C@H](N)C12C[C@@H]3C[C@@H](CC(O)(C3)C1)C2. The zero-order valence-electron chi connectivity index (χ0n) is 13.4. The van der Waals surface area contributed by atoms with Crippen LogP contribution in [0, 0.1) is 34.5 Å². The van der Waals surface area contributed by atoms with E-state index in [1.54, 1.807) is 4.90 Å². The van der Waals surface area contributed by atoms with Crippen LogP contribution >= 0.6 is 0 Å². The van der Waals surface area contributed by atoms with Crippen LogP contribution in [0.4, 0.5) is 0 Å². The lowest BCUT2D eigenvalue weighted by atomic mass is 9.46. The lowest BCUT2D eigenvalue weighted by molar-refractivity contribution is -0.177. The van der Waals surface area contributed by atoms with E-state index in [0.29, 0.717) is 24.2 Å². The van der Waals surface area contributed by atoms with E-state index in [1.165, 1.54) is 6.42 Å². The number of aliphatic hydroxyl groups is 1. The van der Waals surface area contributed by atoms with Gasteiger partial charge in [0, 0.05) is 6.04 Å². The number of piperidine rings is 1. The Kier molecular flexibility index (Phi) is 2.65. The molecule has 5 aliphatic carbocycles. The monoisotopic (exact) mass is 315 g/mol. The molecule has 0 radical (unpaired) electrons. The minimum Gasteiger partial charge on any atom is -0.390 e. The number of hydrogen-bond donors (Lipinski definition) is 2. The number of nitrogens with two attached hydrogens (primary N) is 1. The number of fused-ring (bicyclic) bond motifs is 1. The maximum atomic E-state index is 13.1. The van der Waals surface area contributed by atoms with E-state index in [2.05, 4.69) is 6.07 Å². The first-order chi connectivity index (χ1) is 10.9. The summed E-state index contributed by atoms with van der Waals surface area (Å²) >= 11 is 0. The van der Waals surface area contributed by atoms with Crippen molar-refractivity contribution in [2.24, 2.45) is 28.9 Å². The molecule has 5 saturated carbocycles. The third kappa shape index (κ3) is 1.88. The second-order valence-electron chi connectivity index (χ2n) is 9.21. The number of nitrogens with zero attached hydrogens (tertiary/aromatic N) is 2. The minimum atomic E-state index is -0.594. The van der Waals surface area contributed by atoms with E-state index < -0.39 is 11.6 Å². The molecule has 23 heavy (non-hydrogen) atoms. The van der Waals surface area contributed by atoms with E-state index in [4.69, 9.17) is 5.73 Å². The van der Waals surface area contributed by atoms with Crippen molar-refractivity contribution in [2.45, 2.75) is 75.1 Å². The predicted molar refractivity (Wildman–Crippen MR) is 82.8 cm³/mol. The zero-order chi connectivity index (χ0) is 16.0. The van der Waals surface area contributed by atoms with Gasteiger partial charge in [0.25, 0.3) is 0 Å². The Balaban J connectivity index is 1.43. The molecule has 6 rings (SSSR count). The second-order valence-corrected chi connectivity index (χ2v) is 9.21. The first-order valence-electron chi connectivity index (χ1n) is 9.13. The molecule has 2 unspecified atom stereocenters. The number of carbonyl (C=O) groups excluding carboxylic acids is 1. The van der Waals surface area contributed by atoms with Crippen molar-refractivity contribution < 1.29 is 9.90 Å². The Labute approximate surface area is 136 Å². The molecular formula is C18H25N3O2. The van der Waals surface area contributed by atoms with Gasteiger partial charge >= 0.3 is 0 Å². The molecular weight excluding hydrogens is 290 g/mol. The van der Waals surface area contributed by atoms with Gasteiger partial charge in [0.2, 0.25) is 5.91 Å². The van der Waals surface area contributed by atoms with Crippen molar-refractivity contribution in [3.8, 4) is 6.07 Å². The zero-order valence-corrected chi connectivity index (χ0v) is 13.4. The fraction of sp³-hybridized carbons (Fsp3) is 0.889. The Morgan fingerprint density at radius 3 is 2.52 bits per heavy atom. The first-order valence-corrected chi connectivity index (χ1v) is 9.13. The summed E-state index contributed by atoms with van der Waals surface area (Å²) in [7, 11) is 0. The summed E-state index contributed by atoms with van der Waals surface area (Å²) in [6.45, 7) is 0. The molecule has 6 aliphatic rings. The van der Waals surface area contributed by atoms with Crippen LogP contribution in [0.15, 0.2) is 0 Å². The lowest BCUT2D eigenvalue weighted by Gasteiger charge is -2.61. The number of likely N-dealkylation sites (tertiary alicyclic amines) is 1. The van der Waals surface area contributed by atoms with Gasteiger partial charge in [0.1, 0.15) is 6.04 Å². The average Bonchev–Trinajstić information content (AvgIpc) is 3.14. The van der Waals surface area contributed by atoms with E-state index in [1.807, 2.05) is 0 Å². The smallest absolute Gasteiger partial charge is 0.241 e. The van der Waals surface area contributed by atoms with Gasteiger partial charge in [-0.05, 0) is 74.5 Å². The molecule has 1 heterocycles. The lowest BCUT2D eigenvalue weighted by Crippen LogP contribution is -2.64. The standard InChI is InChI=1S/C18H25N3O2/c19-8-13-2-12-3-14(12)21(13)16(22)15(20)17-4-10-1-11(5-17)7-18(23,6-10)9-17/h10-15,23H,1-7,9,20H2/t10-,11+,12-,13-,14+,15-,17?,18?/m0/s1. The molecule has 8 atom stereocenters. The van der Waals surface area contributed by atoms with E-state index >= 15 is 0 Å². The van der Waals surface area contributed by atoms with Crippen LogP contribution < -0.4 is 5.73 Å². The highest BCUT2D eigenvalue weighted by Gasteiger charge is 2.62. The van der Waals surface area contributed by atoms with Crippen molar-refractivity contribution in [1.82, 2.24) is 4.90 Å². The van der Waals surface area contributed by atoms with Gasteiger partial charge in [-0.25, -0.2) is 0 Å². The summed E-state index contributed by atoms with van der Waals surface area (Å²) in [4.78, 5) is 14.9. The molecule has 1 aliphatic heterocycles. The molecule has 1 saturated heterocycles. The van der Waals surface area contributed by atoms with Gasteiger partial charge < -0.3 is 15.7 Å². The van der Waals surface area contributed by atoms with Crippen molar-refractivity contribution >= 4 is 5.91 Å². The summed E-state index contributed by atoms with van der Waals surface area (Å²) in [5, 5.41) is 20.2. The van der Waals surface area contributed by atoms with Gasteiger partial charge in [-0.2, -0.15) is 5.26 Å². The maximum Gasteiger partial charge on any atom is 0.241 e. The molecule has 0 aromatic carbocycles. The molecule has 0 aromatic heterocycles. The van der Waals surface area contributed by atoms with Crippen LogP contribution in [0.1, 0.15) is 51.4 Å². The quantitative estimate of drug-likeness (QED) is 0.800. The third-order valence-corrected chi connectivity index (χ3v) is 7.51. The van der Waals surface area contributed by atoms with Crippen molar-refractivity contribution in [1.29, 1.82) is 5.26 Å². The highest BCUT2D eigenvalue weighted by Crippen LogP contribution is 2.63. The molecule has 0 aromatic rings. The van der Waals surface area contributed by atoms with Crippen molar-refractivity contribution in [3.63, 3.8) is 0 Å². The summed E-state index contributed by atoms with van der Waals surface area (Å²) in [6, 6.07) is 1.72. The van der Waals surface area contributed by atoms with Gasteiger partial charge in [0.05, 0.1) is 17.7 Å². The number of amides is 1. The van der Waals surface area contributed by atoms with Gasteiger partial charge in [-0.3, -0.25) is 4.79 Å². The van der Waals surface area contributed by atoms with Crippen LogP contribution in [0.5, 0.6) is 0 Å². The van der Waals surface area contributed by atoms with Gasteiger partial charge in [0.15, 0.2) is 0 Å². The summed E-state index contributed by atoms with van der Waals surface area (Å²) in [6.07, 6.45) is 7.48. The minimum absolute atomic E-state index is 0.0212. The molecule has 5 nitrogen and oxygen atoms in total. The Morgan fingerprint density at radius 2 is 1.91 bits per heavy atom. The van der Waals surface area contributed by atoms with Crippen LogP contribution in [0.25, 0.3) is 0 Å². The maximum absolute atomic E-state index is 13.1. The Morgan fingerprint density at radius 1 is 1.22 bits per heavy atom. The summed E-state index contributed by atoms with van der Waals surface area (Å²) in [5.74, 6) is 1.56. The molecule has 124 valence electrons. The largest absolute Gasteiger partial charge is 0.390 e. The molecule has 1 amide bonds. The topological polar surface area (TPSA) is 90.4 Å². The van der Waals surface area contributed by atoms with E-state index in [-0.39, 0.29) is 23.4 Å². The van der Waals surface area contributed by atoms with E-state index in [0.717, 1.165) is 38.5 Å². The predicted octanol–water partition coefficient (Wildman–Crippen LogP) is 1.16. The van der Waals surface area contributed by atoms with Crippen molar-refractivity contribution in [3.05, 3.63) is 0 Å². The van der Waals surface area contributed by atoms with Crippen LogP contribution in [-0.4, -0.2) is 39.6 Å². The molecule has 0 spiro atoms. The number of nitriles is 1. The second kappa shape index (κ2) is 4.29. The summed E-state index contributed by atoms with van der Waals surface area (Å²) in [5.41, 5.74) is 5.71. The average molecular weight is 315 g/mol. The van der Waals surface area contributed by atoms with Gasteiger partial charge in [-0.15, -0.1) is 0 Å². The highest BCUT2D eigenvalue weighted by molar-refractivity contribution is 5.84. The third-order valence-electron chi connectivity index (χ3n) is 7.51. The molecule has 6 fully saturated rings. The first kappa shape index (κ1) is 14.2. The normalized spacial score (nSPS) is 53.8. The fourth-order valence-electron chi connectivity index (χ4n) is 6.96. The number of carbonyl (C=O) groups is 1. The Bertz CT molecular complexity index is 598. The van der Waals surface area contributed by atoms with Crippen LogP contribution in [0.2, 0.25) is 0 Å². The molecule has 5 heteroatoms. The highest BCUT2D eigenvalue weighted by atomic mass is 16.3. The molecule has 3 N–H and O–H groups in total. The van der Waals surface area contributed by atoms with Crippen molar-refractivity contribution in [2.75, 3.05) is 0 Å². The van der Waals surface area contributed by atoms with Gasteiger partial charge in [-0.1, -0.05) is 0 Å². The summed E-state index contributed by atoms with van der Waals surface area (Å²) < 4.78 is 0. The van der Waals surface area contributed by atoms with Crippen LogP contribution in [-0.2, 0) is 4.79 Å². The molecule has 4 bridgehead atoms. The fourth-order valence-corrected chi connectivity index (χ4v) is 6.96. The Hall–Kier alpha value is -1.12.